The van der Waals surface area contributed by atoms with Crippen molar-refractivity contribution in [3.05, 3.63) is 22.2 Å². The number of aliphatic carboxylic acids is 1. The van der Waals surface area contributed by atoms with E-state index in [0.29, 0.717) is 24.7 Å². The van der Waals surface area contributed by atoms with Gasteiger partial charge in [0.25, 0.3) is 0 Å². The molecule has 0 amide bonds. The van der Waals surface area contributed by atoms with E-state index >= 15 is 0 Å². The lowest BCUT2D eigenvalue weighted by Gasteiger charge is -2.25. The van der Waals surface area contributed by atoms with Gasteiger partial charge in [-0.2, -0.15) is 0 Å². The van der Waals surface area contributed by atoms with Gasteiger partial charge in [0.15, 0.2) is 11.5 Å². The zero-order valence-corrected chi connectivity index (χ0v) is 14.4. The van der Waals surface area contributed by atoms with Crippen molar-refractivity contribution in [2.24, 2.45) is 0 Å². The van der Waals surface area contributed by atoms with Crippen molar-refractivity contribution in [1.82, 2.24) is 4.90 Å². The average Bonchev–Trinajstić information content (AvgIpc) is 2.37. The van der Waals surface area contributed by atoms with E-state index in [2.05, 4.69) is 15.9 Å². The predicted molar refractivity (Wildman–Crippen MR) is 85.0 cm³/mol. The van der Waals surface area contributed by atoms with Gasteiger partial charge in [-0.15, -0.1) is 0 Å². The van der Waals surface area contributed by atoms with Crippen LogP contribution in [-0.2, 0) is 11.3 Å². The van der Waals surface area contributed by atoms with Gasteiger partial charge in [0.1, 0.15) is 0 Å². The van der Waals surface area contributed by atoms with Crippen LogP contribution < -0.4 is 9.47 Å². The molecule has 118 valence electrons. The minimum Gasteiger partial charge on any atom is -0.492 e. The van der Waals surface area contributed by atoms with Crippen molar-refractivity contribution >= 4 is 21.9 Å². The number of carbonyl (C=O) groups is 1. The van der Waals surface area contributed by atoms with Crippen LogP contribution in [0.4, 0.5) is 0 Å². The Balaban J connectivity index is 3.03. The van der Waals surface area contributed by atoms with Gasteiger partial charge in [-0.05, 0) is 54.4 Å². The summed E-state index contributed by atoms with van der Waals surface area (Å²) >= 11 is 3.47. The second-order valence-electron chi connectivity index (χ2n) is 4.93. The highest BCUT2D eigenvalue weighted by Crippen LogP contribution is 2.36. The number of halogens is 1. The van der Waals surface area contributed by atoms with E-state index in [1.165, 1.54) is 0 Å². The van der Waals surface area contributed by atoms with Gasteiger partial charge < -0.3 is 14.6 Å². The molecule has 0 radical (unpaired) electrons. The zero-order chi connectivity index (χ0) is 16.0. The summed E-state index contributed by atoms with van der Waals surface area (Å²) in [6, 6.07) is 3.96. The molecule has 0 heterocycles. The van der Waals surface area contributed by atoms with Crippen molar-refractivity contribution in [3.8, 4) is 11.5 Å². The number of carboxylic acid groups (broad SMARTS) is 1. The fourth-order valence-corrected chi connectivity index (χ4v) is 2.65. The molecule has 0 spiro atoms. The third-order valence-electron chi connectivity index (χ3n) is 3.03. The average molecular weight is 360 g/mol. The summed E-state index contributed by atoms with van der Waals surface area (Å²) in [7, 11) is 1.59. The molecule has 6 heteroatoms. The maximum Gasteiger partial charge on any atom is 0.317 e. The lowest BCUT2D eigenvalue weighted by Crippen LogP contribution is -2.35. The highest BCUT2D eigenvalue weighted by molar-refractivity contribution is 9.10. The SMILES string of the molecule is CCOc1cc(CN(CC(=O)O)C(C)C)cc(Br)c1OC. The number of methoxy groups -OCH3 is 1. The van der Waals surface area contributed by atoms with E-state index in [1.54, 1.807) is 7.11 Å². The summed E-state index contributed by atoms with van der Waals surface area (Å²) in [6.45, 7) is 6.94. The van der Waals surface area contributed by atoms with E-state index in [-0.39, 0.29) is 12.6 Å². The van der Waals surface area contributed by atoms with Gasteiger partial charge in [-0.3, -0.25) is 9.69 Å². The molecule has 0 aliphatic heterocycles. The standard InChI is InChI=1S/C15H22BrNO4/c1-5-21-13-7-11(6-12(16)15(13)20-4)8-17(10(2)3)9-14(18)19/h6-7,10H,5,8-9H2,1-4H3,(H,18,19). The molecule has 0 fully saturated rings. The van der Waals surface area contributed by atoms with Crippen LogP contribution in [0.3, 0.4) is 0 Å². The van der Waals surface area contributed by atoms with Crippen LogP contribution in [0.2, 0.25) is 0 Å². The Kier molecular flexibility index (Phi) is 6.98. The topological polar surface area (TPSA) is 59.0 Å². The van der Waals surface area contributed by atoms with Gasteiger partial charge in [-0.25, -0.2) is 0 Å². The molecule has 1 aromatic carbocycles. The number of hydrogen-bond acceptors (Lipinski definition) is 4. The van der Waals surface area contributed by atoms with E-state index in [1.807, 2.05) is 37.8 Å². The molecule has 0 bridgehead atoms. The van der Waals surface area contributed by atoms with Crippen LogP contribution in [0, 0.1) is 0 Å². The quantitative estimate of drug-likeness (QED) is 0.772. The van der Waals surface area contributed by atoms with Crippen molar-refractivity contribution < 1.29 is 19.4 Å². The summed E-state index contributed by atoms with van der Waals surface area (Å²) in [6.07, 6.45) is 0. The number of carboxylic acids is 1. The Morgan fingerprint density at radius 2 is 2.10 bits per heavy atom. The van der Waals surface area contributed by atoms with Gasteiger partial charge in [0.2, 0.25) is 0 Å². The first-order valence-electron chi connectivity index (χ1n) is 6.84. The van der Waals surface area contributed by atoms with Crippen LogP contribution in [-0.4, -0.2) is 42.3 Å². The summed E-state index contributed by atoms with van der Waals surface area (Å²) in [5.41, 5.74) is 0.973. The Hall–Kier alpha value is -1.27. The smallest absolute Gasteiger partial charge is 0.317 e. The van der Waals surface area contributed by atoms with Crippen molar-refractivity contribution in [2.75, 3.05) is 20.3 Å². The molecule has 0 atom stereocenters. The molecular formula is C15H22BrNO4. The van der Waals surface area contributed by atoms with Gasteiger partial charge in [-0.1, -0.05) is 0 Å². The van der Waals surface area contributed by atoms with E-state index in [0.717, 1.165) is 10.0 Å². The molecule has 1 N–H and O–H groups in total. The molecule has 1 rings (SSSR count). The van der Waals surface area contributed by atoms with E-state index < -0.39 is 5.97 Å². The fraction of sp³-hybridized carbons (Fsp3) is 0.533. The van der Waals surface area contributed by atoms with Gasteiger partial charge in [0, 0.05) is 12.6 Å². The fourth-order valence-electron chi connectivity index (χ4n) is 2.00. The second-order valence-corrected chi connectivity index (χ2v) is 5.79. The molecule has 0 saturated heterocycles. The number of nitrogens with zero attached hydrogens (tertiary/aromatic N) is 1. The van der Waals surface area contributed by atoms with Crippen molar-refractivity contribution in [2.45, 2.75) is 33.4 Å². The van der Waals surface area contributed by atoms with E-state index in [9.17, 15) is 4.79 Å². The van der Waals surface area contributed by atoms with Crippen molar-refractivity contribution in [1.29, 1.82) is 0 Å². The monoisotopic (exact) mass is 359 g/mol. The van der Waals surface area contributed by atoms with Crippen LogP contribution in [0.1, 0.15) is 26.3 Å². The molecule has 1 aromatic rings. The summed E-state index contributed by atoms with van der Waals surface area (Å²) in [5.74, 6) is 0.472. The maximum absolute atomic E-state index is 10.9. The third-order valence-corrected chi connectivity index (χ3v) is 3.62. The molecular weight excluding hydrogens is 338 g/mol. The number of ether oxygens (including phenoxy) is 2. The number of rotatable bonds is 8. The minimum atomic E-state index is -0.832. The summed E-state index contributed by atoms with van der Waals surface area (Å²) in [4.78, 5) is 12.8. The number of hydrogen-bond donors (Lipinski definition) is 1. The minimum absolute atomic E-state index is 0.00524. The lowest BCUT2D eigenvalue weighted by molar-refractivity contribution is -0.138. The predicted octanol–water partition coefficient (Wildman–Crippen LogP) is 3.15. The Labute approximate surface area is 134 Å². The first-order valence-corrected chi connectivity index (χ1v) is 7.63. The molecule has 5 nitrogen and oxygen atoms in total. The van der Waals surface area contributed by atoms with Crippen LogP contribution in [0.5, 0.6) is 11.5 Å². The molecule has 0 aliphatic rings. The zero-order valence-electron chi connectivity index (χ0n) is 12.9. The molecule has 21 heavy (non-hydrogen) atoms. The molecule has 0 saturated carbocycles. The van der Waals surface area contributed by atoms with Crippen LogP contribution >= 0.6 is 15.9 Å². The maximum atomic E-state index is 10.9. The summed E-state index contributed by atoms with van der Waals surface area (Å²) < 4.78 is 11.7. The van der Waals surface area contributed by atoms with Gasteiger partial charge in [0.05, 0.1) is 24.7 Å². The second kappa shape index (κ2) is 8.24. The van der Waals surface area contributed by atoms with Gasteiger partial charge >= 0.3 is 5.97 Å². The van der Waals surface area contributed by atoms with Crippen molar-refractivity contribution in [3.63, 3.8) is 0 Å². The Morgan fingerprint density at radius 3 is 2.57 bits per heavy atom. The lowest BCUT2D eigenvalue weighted by atomic mass is 10.1. The largest absolute Gasteiger partial charge is 0.492 e. The number of benzene rings is 1. The molecule has 0 aliphatic carbocycles. The Bertz CT molecular complexity index is 491. The normalized spacial score (nSPS) is 11.0. The van der Waals surface area contributed by atoms with E-state index in [4.69, 9.17) is 14.6 Å². The third kappa shape index (κ3) is 5.21. The van der Waals surface area contributed by atoms with Crippen LogP contribution in [0.15, 0.2) is 16.6 Å². The summed E-state index contributed by atoms with van der Waals surface area (Å²) in [5, 5.41) is 8.99. The molecule has 0 aromatic heterocycles. The Morgan fingerprint density at radius 1 is 1.43 bits per heavy atom. The highest BCUT2D eigenvalue weighted by atomic mass is 79.9. The highest BCUT2D eigenvalue weighted by Gasteiger charge is 2.17. The molecule has 0 unspecified atom stereocenters. The first kappa shape index (κ1) is 17.8. The first-order chi connectivity index (χ1) is 9.88. The van der Waals surface area contributed by atoms with Crippen LogP contribution in [0.25, 0.3) is 0 Å².